The number of nitrogens with zero attached hydrogens (tertiary/aromatic N) is 2. The van der Waals surface area contributed by atoms with Gasteiger partial charge >= 0.3 is 0 Å². The molecule has 1 aliphatic rings. The first-order valence-electron chi connectivity index (χ1n) is 6.90. The van der Waals surface area contributed by atoms with Crippen molar-refractivity contribution in [3.8, 4) is 0 Å². The van der Waals surface area contributed by atoms with Gasteiger partial charge in [0.2, 0.25) is 5.91 Å². The van der Waals surface area contributed by atoms with E-state index in [4.69, 9.17) is 0 Å². The van der Waals surface area contributed by atoms with Crippen molar-refractivity contribution in [1.82, 2.24) is 15.1 Å². The zero-order valence-corrected chi connectivity index (χ0v) is 12.6. The van der Waals surface area contributed by atoms with Gasteiger partial charge in [-0.3, -0.25) is 9.69 Å². The summed E-state index contributed by atoms with van der Waals surface area (Å²) in [6, 6.07) is 4.49. The van der Waals surface area contributed by atoms with E-state index in [2.05, 4.69) is 34.7 Å². The molecule has 1 aromatic rings. The first-order valence-corrected chi connectivity index (χ1v) is 7.78. The minimum Gasteiger partial charge on any atom is -0.340 e. The lowest BCUT2D eigenvalue weighted by Gasteiger charge is -2.27. The Labute approximate surface area is 119 Å². The van der Waals surface area contributed by atoms with Crippen molar-refractivity contribution in [3.63, 3.8) is 0 Å². The molecule has 4 nitrogen and oxygen atoms in total. The van der Waals surface area contributed by atoms with Gasteiger partial charge in [-0.15, -0.1) is 11.3 Å². The van der Waals surface area contributed by atoms with E-state index >= 15 is 0 Å². The number of thiophene rings is 1. The first kappa shape index (κ1) is 14.5. The Kier molecular flexibility index (Phi) is 5.36. The fourth-order valence-electron chi connectivity index (χ4n) is 2.29. The first-order chi connectivity index (χ1) is 9.18. The molecule has 0 radical (unpaired) electrons. The summed E-state index contributed by atoms with van der Waals surface area (Å²) in [6.45, 7) is 6.30. The SMILES string of the molecule is CC(c1cccs1)N(C)CC(=O)N1CCCNCC1. The molecule has 1 N–H and O–H groups in total. The molecule has 106 valence electrons. The summed E-state index contributed by atoms with van der Waals surface area (Å²) in [5.41, 5.74) is 0. The predicted molar refractivity (Wildman–Crippen MR) is 79.4 cm³/mol. The van der Waals surface area contributed by atoms with Crippen LogP contribution in [0.15, 0.2) is 17.5 Å². The number of carbonyl (C=O) groups is 1. The molecular formula is C14H23N3OS. The third-order valence-electron chi connectivity index (χ3n) is 3.69. The summed E-state index contributed by atoms with van der Waals surface area (Å²) in [6.07, 6.45) is 1.05. The van der Waals surface area contributed by atoms with Crippen LogP contribution in [0.4, 0.5) is 0 Å². The van der Waals surface area contributed by atoms with Crippen molar-refractivity contribution < 1.29 is 4.79 Å². The topological polar surface area (TPSA) is 35.6 Å². The smallest absolute Gasteiger partial charge is 0.236 e. The van der Waals surface area contributed by atoms with Gasteiger partial charge in [0.25, 0.3) is 0 Å². The Morgan fingerprint density at radius 2 is 2.37 bits per heavy atom. The number of likely N-dealkylation sites (N-methyl/N-ethyl adjacent to an activating group) is 1. The predicted octanol–water partition coefficient (Wildman–Crippen LogP) is 1.56. The van der Waals surface area contributed by atoms with Crippen molar-refractivity contribution in [2.45, 2.75) is 19.4 Å². The fourth-order valence-corrected chi connectivity index (χ4v) is 3.14. The highest BCUT2D eigenvalue weighted by atomic mass is 32.1. The van der Waals surface area contributed by atoms with Crippen LogP contribution in [-0.2, 0) is 4.79 Å². The van der Waals surface area contributed by atoms with Gasteiger partial charge in [-0.05, 0) is 38.4 Å². The van der Waals surface area contributed by atoms with Gasteiger partial charge in [0.05, 0.1) is 6.54 Å². The van der Waals surface area contributed by atoms with Crippen LogP contribution in [0.2, 0.25) is 0 Å². The van der Waals surface area contributed by atoms with Gasteiger partial charge in [-0.1, -0.05) is 6.07 Å². The molecular weight excluding hydrogens is 258 g/mol. The van der Waals surface area contributed by atoms with E-state index < -0.39 is 0 Å². The fraction of sp³-hybridized carbons (Fsp3) is 0.643. The van der Waals surface area contributed by atoms with Gasteiger partial charge in [-0.2, -0.15) is 0 Å². The van der Waals surface area contributed by atoms with Crippen LogP contribution in [0.5, 0.6) is 0 Å². The second kappa shape index (κ2) is 7.03. The molecule has 0 spiro atoms. The molecule has 0 saturated carbocycles. The molecule has 2 heterocycles. The molecule has 0 bridgehead atoms. The third-order valence-corrected chi connectivity index (χ3v) is 4.74. The van der Waals surface area contributed by atoms with Crippen molar-refractivity contribution >= 4 is 17.2 Å². The Balaban J connectivity index is 1.87. The quantitative estimate of drug-likeness (QED) is 0.910. The molecule has 1 atom stereocenters. The molecule has 0 aliphatic carbocycles. The monoisotopic (exact) mass is 281 g/mol. The van der Waals surface area contributed by atoms with E-state index in [9.17, 15) is 4.79 Å². The van der Waals surface area contributed by atoms with Crippen LogP contribution in [0.25, 0.3) is 0 Å². The maximum atomic E-state index is 12.3. The average molecular weight is 281 g/mol. The molecule has 2 rings (SSSR count). The third kappa shape index (κ3) is 4.03. The highest BCUT2D eigenvalue weighted by Gasteiger charge is 2.20. The Morgan fingerprint density at radius 3 is 3.11 bits per heavy atom. The zero-order valence-electron chi connectivity index (χ0n) is 11.8. The lowest BCUT2D eigenvalue weighted by atomic mass is 10.2. The Bertz CT molecular complexity index is 385. The molecule has 1 aliphatic heterocycles. The highest BCUT2D eigenvalue weighted by molar-refractivity contribution is 7.10. The molecule has 1 unspecified atom stereocenters. The number of amides is 1. The van der Waals surface area contributed by atoms with Gasteiger partial charge in [0, 0.05) is 30.6 Å². The van der Waals surface area contributed by atoms with Crippen molar-refractivity contribution in [2.75, 3.05) is 39.8 Å². The summed E-state index contributed by atoms with van der Waals surface area (Å²) >= 11 is 1.75. The number of rotatable bonds is 4. The normalized spacial score (nSPS) is 18.4. The van der Waals surface area contributed by atoms with E-state index in [1.54, 1.807) is 11.3 Å². The van der Waals surface area contributed by atoms with E-state index in [1.165, 1.54) is 4.88 Å². The van der Waals surface area contributed by atoms with Crippen molar-refractivity contribution in [1.29, 1.82) is 0 Å². The molecule has 1 fully saturated rings. The van der Waals surface area contributed by atoms with E-state index in [0.29, 0.717) is 12.6 Å². The van der Waals surface area contributed by atoms with Gasteiger partial charge < -0.3 is 10.2 Å². The number of nitrogens with one attached hydrogen (secondary N) is 1. The average Bonchev–Trinajstić information content (AvgIpc) is 2.79. The van der Waals surface area contributed by atoms with E-state index in [1.807, 2.05) is 11.9 Å². The zero-order chi connectivity index (χ0) is 13.7. The van der Waals surface area contributed by atoms with Crippen LogP contribution in [-0.4, -0.2) is 55.5 Å². The maximum Gasteiger partial charge on any atom is 0.236 e. The van der Waals surface area contributed by atoms with Crippen LogP contribution in [0.1, 0.15) is 24.3 Å². The Morgan fingerprint density at radius 1 is 1.53 bits per heavy atom. The summed E-state index contributed by atoms with van der Waals surface area (Å²) < 4.78 is 0. The van der Waals surface area contributed by atoms with Crippen LogP contribution < -0.4 is 5.32 Å². The summed E-state index contributed by atoms with van der Waals surface area (Å²) in [4.78, 5) is 17.7. The van der Waals surface area contributed by atoms with Crippen molar-refractivity contribution in [2.24, 2.45) is 0 Å². The minimum absolute atomic E-state index is 0.245. The molecule has 19 heavy (non-hydrogen) atoms. The van der Waals surface area contributed by atoms with Gasteiger partial charge in [0.15, 0.2) is 0 Å². The van der Waals surface area contributed by atoms with Crippen molar-refractivity contribution in [3.05, 3.63) is 22.4 Å². The number of hydrogen-bond acceptors (Lipinski definition) is 4. The summed E-state index contributed by atoms with van der Waals surface area (Å²) in [5, 5.41) is 5.41. The number of carbonyl (C=O) groups excluding carboxylic acids is 1. The standard InChI is InChI=1S/C14H23N3OS/c1-12(13-5-3-10-19-13)16(2)11-14(18)17-8-4-6-15-7-9-17/h3,5,10,12,15H,4,6-9,11H2,1-2H3. The number of hydrogen-bond donors (Lipinski definition) is 1. The van der Waals surface area contributed by atoms with Crippen LogP contribution in [0, 0.1) is 0 Å². The Hall–Kier alpha value is -0.910. The largest absolute Gasteiger partial charge is 0.340 e. The maximum absolute atomic E-state index is 12.3. The second-order valence-electron chi connectivity index (χ2n) is 5.09. The highest BCUT2D eigenvalue weighted by Crippen LogP contribution is 2.23. The lowest BCUT2D eigenvalue weighted by molar-refractivity contribution is -0.132. The molecule has 1 saturated heterocycles. The molecule has 0 aromatic carbocycles. The summed E-state index contributed by atoms with van der Waals surface area (Å²) in [5.74, 6) is 0.245. The van der Waals surface area contributed by atoms with Gasteiger partial charge in [0.1, 0.15) is 0 Å². The summed E-state index contributed by atoms with van der Waals surface area (Å²) in [7, 11) is 2.03. The van der Waals surface area contributed by atoms with Gasteiger partial charge in [-0.25, -0.2) is 0 Å². The molecule has 1 amide bonds. The molecule has 1 aromatic heterocycles. The van der Waals surface area contributed by atoms with Crippen LogP contribution in [0.3, 0.4) is 0 Å². The van der Waals surface area contributed by atoms with E-state index in [-0.39, 0.29) is 5.91 Å². The van der Waals surface area contributed by atoms with E-state index in [0.717, 1.165) is 32.6 Å². The second-order valence-corrected chi connectivity index (χ2v) is 6.07. The minimum atomic E-state index is 0.245. The lowest BCUT2D eigenvalue weighted by Crippen LogP contribution is -2.41. The molecule has 5 heteroatoms. The van der Waals surface area contributed by atoms with Crippen LogP contribution >= 0.6 is 11.3 Å².